The summed E-state index contributed by atoms with van der Waals surface area (Å²) in [5.41, 5.74) is 2.25. The number of carbonyl (C=O) groups excluding carboxylic acids is 1. The van der Waals surface area contributed by atoms with Crippen molar-refractivity contribution in [2.75, 3.05) is 51.8 Å². The van der Waals surface area contributed by atoms with Crippen molar-refractivity contribution in [1.82, 2.24) is 15.0 Å². The number of piperazine rings is 1. The normalized spacial score (nSPS) is 16.0. The summed E-state index contributed by atoms with van der Waals surface area (Å²) in [6, 6.07) is 6.23. The molecular formula is C22H31FN4O3. The quantitative estimate of drug-likeness (QED) is 0.657. The predicted molar refractivity (Wildman–Crippen MR) is 114 cm³/mol. The van der Waals surface area contributed by atoms with Crippen LogP contribution < -0.4 is 4.90 Å². The van der Waals surface area contributed by atoms with E-state index >= 15 is 0 Å². The van der Waals surface area contributed by atoms with E-state index < -0.39 is 0 Å². The van der Waals surface area contributed by atoms with Crippen LogP contribution in [0.15, 0.2) is 28.8 Å². The fraction of sp³-hybridized carbons (Fsp3) is 0.545. The Bertz CT molecular complexity index is 831. The molecule has 1 amide bonds. The molecule has 0 N–H and O–H groups in total. The third kappa shape index (κ3) is 4.99. The number of amides is 1. The predicted octanol–water partition coefficient (Wildman–Crippen LogP) is 3.01. The number of nitrogens with zero attached hydrogens (tertiary/aromatic N) is 4. The van der Waals surface area contributed by atoms with Crippen LogP contribution in [-0.2, 0) is 16.1 Å². The third-order valence-corrected chi connectivity index (χ3v) is 5.72. The van der Waals surface area contributed by atoms with Gasteiger partial charge in [-0.3, -0.25) is 4.79 Å². The second-order valence-electron chi connectivity index (χ2n) is 7.82. The molecule has 2 aromatic rings. The lowest BCUT2D eigenvalue weighted by molar-refractivity contribution is -0.138. The second-order valence-corrected chi connectivity index (χ2v) is 7.82. The van der Waals surface area contributed by atoms with Crippen molar-refractivity contribution in [2.45, 2.75) is 32.9 Å². The number of hydrogen-bond donors (Lipinski definition) is 0. The van der Waals surface area contributed by atoms with Gasteiger partial charge in [0.15, 0.2) is 0 Å². The van der Waals surface area contributed by atoms with E-state index in [-0.39, 0.29) is 24.4 Å². The molecule has 1 aromatic heterocycles. The lowest BCUT2D eigenvalue weighted by atomic mass is 10.1. The Balaban J connectivity index is 2.00. The highest BCUT2D eigenvalue weighted by molar-refractivity contribution is 5.78. The first-order valence-electron chi connectivity index (χ1n) is 10.4. The molecule has 0 spiro atoms. The van der Waals surface area contributed by atoms with Crippen LogP contribution >= 0.6 is 0 Å². The van der Waals surface area contributed by atoms with Crippen molar-refractivity contribution < 1.29 is 18.4 Å². The van der Waals surface area contributed by atoms with E-state index in [1.54, 1.807) is 12.1 Å². The van der Waals surface area contributed by atoms with Gasteiger partial charge in [0.25, 0.3) is 0 Å². The number of aromatic nitrogens is 1. The number of anilines is 1. The molecule has 1 aromatic carbocycles. The van der Waals surface area contributed by atoms with Gasteiger partial charge in [-0.15, -0.1) is 0 Å². The lowest BCUT2D eigenvalue weighted by Crippen LogP contribution is -2.45. The van der Waals surface area contributed by atoms with Gasteiger partial charge >= 0.3 is 0 Å². The summed E-state index contributed by atoms with van der Waals surface area (Å²) in [5.74, 6) is 0.294. The Labute approximate surface area is 177 Å². The standard InChI is InChI=1S/C22H31FN4O3/c1-5-16(2)27(20(28)15-29-4)14-19-21(17-6-8-18(23)9-7-17)24-30-22(19)26-12-10-25(3)11-13-26/h6-9,16H,5,10-15H2,1-4H3/t16-/m0/s1. The molecule has 1 atom stereocenters. The highest BCUT2D eigenvalue weighted by atomic mass is 19.1. The summed E-state index contributed by atoms with van der Waals surface area (Å²) in [6.45, 7) is 7.92. The zero-order chi connectivity index (χ0) is 21.7. The van der Waals surface area contributed by atoms with Gasteiger partial charge in [0.1, 0.15) is 18.1 Å². The average molecular weight is 419 g/mol. The number of methoxy groups -OCH3 is 1. The number of carbonyl (C=O) groups is 1. The van der Waals surface area contributed by atoms with Gasteiger partial charge < -0.3 is 24.0 Å². The van der Waals surface area contributed by atoms with E-state index in [1.165, 1.54) is 19.2 Å². The minimum absolute atomic E-state index is 0.0192. The molecule has 0 aliphatic carbocycles. The summed E-state index contributed by atoms with van der Waals surface area (Å²) in [4.78, 5) is 19.0. The van der Waals surface area contributed by atoms with Gasteiger partial charge in [-0.1, -0.05) is 12.1 Å². The van der Waals surface area contributed by atoms with Gasteiger partial charge in [-0.2, -0.15) is 0 Å². The molecule has 30 heavy (non-hydrogen) atoms. The maximum Gasteiger partial charge on any atom is 0.249 e. The number of hydrogen-bond acceptors (Lipinski definition) is 6. The first kappa shape index (κ1) is 22.2. The number of likely N-dealkylation sites (N-methyl/N-ethyl adjacent to an activating group) is 1. The van der Waals surface area contributed by atoms with E-state index in [4.69, 9.17) is 9.26 Å². The van der Waals surface area contributed by atoms with Crippen LogP contribution in [0, 0.1) is 5.82 Å². The fourth-order valence-electron chi connectivity index (χ4n) is 3.62. The van der Waals surface area contributed by atoms with Gasteiger partial charge in [-0.25, -0.2) is 4.39 Å². The van der Waals surface area contributed by atoms with E-state index in [2.05, 4.69) is 22.0 Å². The zero-order valence-electron chi connectivity index (χ0n) is 18.2. The third-order valence-electron chi connectivity index (χ3n) is 5.72. The van der Waals surface area contributed by atoms with Crippen molar-refractivity contribution in [1.29, 1.82) is 0 Å². The molecule has 8 heteroatoms. The summed E-state index contributed by atoms with van der Waals surface area (Å²) < 4.78 is 24.4. The summed E-state index contributed by atoms with van der Waals surface area (Å²) in [6.07, 6.45) is 0.816. The molecular weight excluding hydrogens is 387 g/mol. The Morgan fingerprint density at radius 3 is 2.53 bits per heavy atom. The van der Waals surface area contributed by atoms with Crippen LogP contribution in [0.2, 0.25) is 0 Å². The molecule has 0 unspecified atom stereocenters. The first-order chi connectivity index (χ1) is 14.4. The van der Waals surface area contributed by atoms with E-state index in [0.29, 0.717) is 18.1 Å². The van der Waals surface area contributed by atoms with Gasteiger partial charge in [0.2, 0.25) is 11.8 Å². The van der Waals surface area contributed by atoms with Crippen LogP contribution in [0.3, 0.4) is 0 Å². The van der Waals surface area contributed by atoms with Crippen LogP contribution in [0.4, 0.5) is 10.3 Å². The smallest absolute Gasteiger partial charge is 0.249 e. The van der Waals surface area contributed by atoms with Crippen molar-refractivity contribution in [3.63, 3.8) is 0 Å². The molecule has 3 rings (SSSR count). The van der Waals surface area contributed by atoms with Crippen molar-refractivity contribution in [3.05, 3.63) is 35.6 Å². The van der Waals surface area contributed by atoms with Crippen molar-refractivity contribution in [3.8, 4) is 11.3 Å². The molecule has 0 radical (unpaired) electrons. The highest BCUT2D eigenvalue weighted by Gasteiger charge is 2.29. The zero-order valence-corrected chi connectivity index (χ0v) is 18.2. The number of ether oxygens (including phenoxy) is 1. The Kier molecular flexibility index (Phi) is 7.44. The SMILES string of the molecule is CC[C@H](C)N(Cc1c(-c2ccc(F)cc2)noc1N1CCN(C)CC1)C(=O)COC. The van der Waals surface area contributed by atoms with Crippen LogP contribution in [-0.4, -0.2) is 73.8 Å². The maximum absolute atomic E-state index is 13.5. The number of halogens is 1. The van der Waals surface area contributed by atoms with Gasteiger partial charge in [0, 0.05) is 44.9 Å². The lowest BCUT2D eigenvalue weighted by Gasteiger charge is -2.33. The number of rotatable bonds is 8. The maximum atomic E-state index is 13.5. The van der Waals surface area contributed by atoms with Crippen LogP contribution in [0.5, 0.6) is 0 Å². The summed E-state index contributed by atoms with van der Waals surface area (Å²) in [5, 5.41) is 4.33. The Hall–Kier alpha value is -2.45. The van der Waals surface area contributed by atoms with Crippen molar-refractivity contribution >= 4 is 11.8 Å². The average Bonchev–Trinajstić information content (AvgIpc) is 3.16. The molecule has 1 aliphatic heterocycles. The van der Waals surface area contributed by atoms with Crippen LogP contribution in [0.1, 0.15) is 25.8 Å². The number of benzene rings is 1. The molecule has 1 saturated heterocycles. The fourth-order valence-corrected chi connectivity index (χ4v) is 3.62. The topological polar surface area (TPSA) is 62.1 Å². The Morgan fingerprint density at radius 2 is 1.93 bits per heavy atom. The first-order valence-corrected chi connectivity index (χ1v) is 10.4. The summed E-state index contributed by atoms with van der Waals surface area (Å²) in [7, 11) is 3.61. The minimum atomic E-state index is -0.306. The molecule has 0 saturated carbocycles. The molecule has 7 nitrogen and oxygen atoms in total. The second kappa shape index (κ2) is 10.0. The molecule has 2 heterocycles. The molecule has 0 bridgehead atoms. The Morgan fingerprint density at radius 1 is 1.27 bits per heavy atom. The minimum Gasteiger partial charge on any atom is -0.375 e. The van der Waals surface area contributed by atoms with Crippen molar-refractivity contribution in [2.24, 2.45) is 0 Å². The summed E-state index contributed by atoms with van der Waals surface area (Å²) >= 11 is 0. The molecule has 1 aliphatic rings. The van der Waals surface area contributed by atoms with Crippen LogP contribution in [0.25, 0.3) is 11.3 Å². The van der Waals surface area contributed by atoms with Gasteiger partial charge in [-0.05, 0) is 44.7 Å². The monoisotopic (exact) mass is 418 g/mol. The molecule has 1 fully saturated rings. The largest absolute Gasteiger partial charge is 0.375 e. The van der Waals surface area contributed by atoms with E-state index in [9.17, 15) is 9.18 Å². The van der Waals surface area contributed by atoms with E-state index in [1.807, 2.05) is 18.7 Å². The van der Waals surface area contributed by atoms with Gasteiger partial charge in [0.05, 0.1) is 12.1 Å². The van der Waals surface area contributed by atoms with E-state index in [0.717, 1.165) is 43.7 Å². The highest BCUT2D eigenvalue weighted by Crippen LogP contribution is 2.33. The molecule has 164 valence electrons.